The molecular formula is C10H14N2O3. The van der Waals surface area contributed by atoms with Gasteiger partial charge in [-0.2, -0.15) is 5.10 Å². The molecular weight excluding hydrogens is 196 g/mol. The zero-order chi connectivity index (χ0) is 11.4. The van der Waals surface area contributed by atoms with Crippen LogP contribution in [-0.2, 0) is 16.6 Å². The van der Waals surface area contributed by atoms with Crippen LogP contribution in [0.2, 0.25) is 0 Å². The quantitative estimate of drug-likeness (QED) is 0.420. The van der Waals surface area contributed by atoms with Crippen molar-refractivity contribution in [2.24, 2.45) is 7.05 Å². The normalized spacial score (nSPS) is 10.1. The summed E-state index contributed by atoms with van der Waals surface area (Å²) in [5.74, 6) is -0.766. The van der Waals surface area contributed by atoms with E-state index in [4.69, 9.17) is 4.74 Å². The smallest absolute Gasteiger partial charge is 0.313 e. The Morgan fingerprint density at radius 1 is 1.53 bits per heavy atom. The van der Waals surface area contributed by atoms with E-state index in [1.54, 1.807) is 27.0 Å². The van der Waals surface area contributed by atoms with E-state index in [1.165, 1.54) is 4.68 Å². The molecule has 0 saturated carbocycles. The zero-order valence-electron chi connectivity index (χ0n) is 9.11. The van der Waals surface area contributed by atoms with Gasteiger partial charge in [-0.25, -0.2) is 0 Å². The van der Waals surface area contributed by atoms with Crippen molar-refractivity contribution in [2.45, 2.75) is 20.3 Å². The molecule has 0 spiro atoms. The Morgan fingerprint density at radius 3 is 2.67 bits per heavy atom. The van der Waals surface area contributed by atoms with Crippen molar-refractivity contribution in [2.75, 3.05) is 6.61 Å². The third-order valence-electron chi connectivity index (χ3n) is 1.90. The number of aryl methyl sites for hydroxylation is 2. The Morgan fingerprint density at radius 2 is 2.20 bits per heavy atom. The SMILES string of the molecule is CCOC(=O)CC(=O)c1cc(C)nn1C. The first-order valence-corrected chi connectivity index (χ1v) is 4.74. The molecule has 0 aliphatic carbocycles. The second kappa shape index (κ2) is 4.72. The number of carbonyl (C=O) groups is 2. The summed E-state index contributed by atoms with van der Waals surface area (Å²) in [6, 6.07) is 1.65. The summed E-state index contributed by atoms with van der Waals surface area (Å²) < 4.78 is 6.16. The molecule has 0 aromatic carbocycles. The first-order chi connectivity index (χ1) is 7.04. The number of hydrogen-bond donors (Lipinski definition) is 0. The minimum absolute atomic E-state index is 0.229. The third-order valence-corrected chi connectivity index (χ3v) is 1.90. The molecule has 1 rings (SSSR count). The van der Waals surface area contributed by atoms with Gasteiger partial charge in [-0.05, 0) is 19.9 Å². The molecule has 0 radical (unpaired) electrons. The molecule has 0 bridgehead atoms. The van der Waals surface area contributed by atoms with E-state index < -0.39 is 5.97 Å². The summed E-state index contributed by atoms with van der Waals surface area (Å²) in [6.07, 6.45) is -0.229. The highest BCUT2D eigenvalue weighted by atomic mass is 16.5. The van der Waals surface area contributed by atoms with E-state index in [-0.39, 0.29) is 18.8 Å². The largest absolute Gasteiger partial charge is 0.466 e. The minimum atomic E-state index is -0.499. The van der Waals surface area contributed by atoms with Crippen LogP contribution in [-0.4, -0.2) is 28.1 Å². The van der Waals surface area contributed by atoms with Gasteiger partial charge in [0.05, 0.1) is 12.3 Å². The molecule has 1 aromatic heterocycles. The molecule has 0 aliphatic rings. The molecule has 0 amide bonds. The second-order valence-electron chi connectivity index (χ2n) is 3.20. The van der Waals surface area contributed by atoms with Crippen LogP contribution in [0.25, 0.3) is 0 Å². The van der Waals surface area contributed by atoms with Crippen molar-refractivity contribution < 1.29 is 14.3 Å². The molecule has 0 unspecified atom stereocenters. The van der Waals surface area contributed by atoms with Crippen LogP contribution < -0.4 is 0 Å². The lowest BCUT2D eigenvalue weighted by molar-refractivity contribution is -0.141. The number of ether oxygens (including phenoxy) is 1. The minimum Gasteiger partial charge on any atom is -0.466 e. The highest BCUT2D eigenvalue weighted by molar-refractivity contribution is 6.04. The number of ketones is 1. The van der Waals surface area contributed by atoms with E-state index >= 15 is 0 Å². The number of Topliss-reactive ketones (excluding diaryl/α,β-unsaturated/α-hetero) is 1. The molecule has 1 aromatic rings. The van der Waals surface area contributed by atoms with Gasteiger partial charge in [-0.3, -0.25) is 14.3 Å². The van der Waals surface area contributed by atoms with Gasteiger partial charge in [0, 0.05) is 7.05 Å². The van der Waals surface area contributed by atoms with Crippen molar-refractivity contribution in [3.63, 3.8) is 0 Å². The predicted molar refractivity (Wildman–Crippen MR) is 53.5 cm³/mol. The van der Waals surface area contributed by atoms with Gasteiger partial charge >= 0.3 is 5.97 Å². The number of esters is 1. The summed E-state index contributed by atoms with van der Waals surface area (Å²) in [4.78, 5) is 22.7. The Balaban J connectivity index is 2.69. The Kier molecular flexibility index (Phi) is 3.60. The first kappa shape index (κ1) is 11.4. The number of rotatable bonds is 4. The van der Waals surface area contributed by atoms with Crippen molar-refractivity contribution in [3.05, 3.63) is 17.5 Å². The number of carbonyl (C=O) groups excluding carboxylic acids is 2. The number of hydrogen-bond acceptors (Lipinski definition) is 4. The van der Waals surface area contributed by atoms with E-state index in [9.17, 15) is 9.59 Å². The van der Waals surface area contributed by atoms with E-state index in [0.29, 0.717) is 5.69 Å². The molecule has 5 heteroatoms. The fourth-order valence-corrected chi connectivity index (χ4v) is 1.31. The monoisotopic (exact) mass is 210 g/mol. The predicted octanol–water partition coefficient (Wildman–Crippen LogP) is 0.864. The number of aromatic nitrogens is 2. The van der Waals surface area contributed by atoms with Gasteiger partial charge in [0.25, 0.3) is 0 Å². The van der Waals surface area contributed by atoms with Gasteiger partial charge in [0.15, 0.2) is 5.78 Å². The van der Waals surface area contributed by atoms with Gasteiger partial charge in [0.2, 0.25) is 0 Å². The molecule has 15 heavy (non-hydrogen) atoms. The first-order valence-electron chi connectivity index (χ1n) is 4.74. The molecule has 0 saturated heterocycles. The van der Waals surface area contributed by atoms with Crippen LogP contribution in [0, 0.1) is 6.92 Å². The van der Waals surface area contributed by atoms with Crippen LogP contribution in [0.15, 0.2) is 6.07 Å². The van der Waals surface area contributed by atoms with Crippen LogP contribution in [0.4, 0.5) is 0 Å². The standard InChI is InChI=1S/C10H14N2O3/c1-4-15-10(14)6-9(13)8-5-7(2)11-12(8)3/h5H,4,6H2,1-3H3. The van der Waals surface area contributed by atoms with Crippen LogP contribution in [0.3, 0.4) is 0 Å². The maximum Gasteiger partial charge on any atom is 0.313 e. The molecule has 0 atom stereocenters. The fraction of sp³-hybridized carbons (Fsp3) is 0.500. The Hall–Kier alpha value is -1.65. The molecule has 0 fully saturated rings. The van der Waals surface area contributed by atoms with E-state index in [0.717, 1.165) is 5.69 Å². The van der Waals surface area contributed by atoms with E-state index in [2.05, 4.69) is 5.10 Å². The maximum absolute atomic E-state index is 11.6. The van der Waals surface area contributed by atoms with Gasteiger partial charge in [-0.1, -0.05) is 0 Å². The van der Waals surface area contributed by atoms with Crippen molar-refractivity contribution >= 4 is 11.8 Å². The molecule has 5 nitrogen and oxygen atoms in total. The highest BCUT2D eigenvalue weighted by Crippen LogP contribution is 2.05. The van der Waals surface area contributed by atoms with Crippen LogP contribution in [0.1, 0.15) is 29.5 Å². The average Bonchev–Trinajstić information content (AvgIpc) is 2.45. The van der Waals surface area contributed by atoms with Crippen molar-refractivity contribution in [1.82, 2.24) is 9.78 Å². The Labute approximate surface area is 88.0 Å². The molecule has 1 heterocycles. The lowest BCUT2D eigenvalue weighted by atomic mass is 10.2. The third kappa shape index (κ3) is 2.90. The summed E-state index contributed by atoms with van der Waals surface area (Å²) in [6.45, 7) is 3.79. The van der Waals surface area contributed by atoms with Gasteiger partial charge in [-0.15, -0.1) is 0 Å². The lowest BCUT2D eigenvalue weighted by Gasteiger charge is -2.01. The van der Waals surface area contributed by atoms with Crippen LogP contribution >= 0.6 is 0 Å². The topological polar surface area (TPSA) is 61.2 Å². The average molecular weight is 210 g/mol. The maximum atomic E-state index is 11.6. The summed E-state index contributed by atoms with van der Waals surface area (Å²) in [5.41, 5.74) is 1.19. The van der Waals surface area contributed by atoms with Crippen LogP contribution in [0.5, 0.6) is 0 Å². The summed E-state index contributed by atoms with van der Waals surface area (Å²) in [7, 11) is 1.67. The molecule has 0 aliphatic heterocycles. The molecule has 0 N–H and O–H groups in total. The zero-order valence-corrected chi connectivity index (χ0v) is 9.11. The van der Waals surface area contributed by atoms with Crippen molar-refractivity contribution in [1.29, 1.82) is 0 Å². The van der Waals surface area contributed by atoms with Crippen molar-refractivity contribution in [3.8, 4) is 0 Å². The second-order valence-corrected chi connectivity index (χ2v) is 3.20. The summed E-state index contributed by atoms with van der Waals surface area (Å²) in [5, 5.41) is 4.03. The Bertz CT molecular complexity index is 382. The van der Waals surface area contributed by atoms with Gasteiger partial charge < -0.3 is 4.74 Å². The number of nitrogens with zero attached hydrogens (tertiary/aromatic N) is 2. The fourth-order valence-electron chi connectivity index (χ4n) is 1.31. The summed E-state index contributed by atoms with van der Waals surface area (Å²) >= 11 is 0. The lowest BCUT2D eigenvalue weighted by Crippen LogP contribution is -2.14. The van der Waals surface area contributed by atoms with E-state index in [1.807, 2.05) is 0 Å². The molecule has 82 valence electrons. The van der Waals surface area contributed by atoms with Gasteiger partial charge in [0.1, 0.15) is 12.1 Å². The highest BCUT2D eigenvalue weighted by Gasteiger charge is 2.16.